The smallest absolute Gasteiger partial charge is 0.227 e. The lowest BCUT2D eigenvalue weighted by molar-refractivity contribution is -0.124. The van der Waals surface area contributed by atoms with Gasteiger partial charge in [-0.15, -0.1) is 0 Å². The summed E-state index contributed by atoms with van der Waals surface area (Å²) in [5.41, 5.74) is 2.39. The fraction of sp³-hybridized carbons (Fsp3) is 0.611. The van der Waals surface area contributed by atoms with Crippen LogP contribution < -0.4 is 5.32 Å². The molecule has 2 rings (SSSR count). The summed E-state index contributed by atoms with van der Waals surface area (Å²) in [6, 6.07) is 8.44. The summed E-state index contributed by atoms with van der Waals surface area (Å²) in [6.07, 6.45) is 6.13. The van der Waals surface area contributed by atoms with E-state index in [9.17, 15) is 4.79 Å². The minimum absolute atomic E-state index is 0.0113. The first-order chi connectivity index (χ1) is 10.2. The molecule has 0 radical (unpaired) electrons. The van der Waals surface area contributed by atoms with Gasteiger partial charge in [-0.3, -0.25) is 4.79 Å². The average Bonchev–Trinajstić information content (AvgIpc) is 2.51. The van der Waals surface area contributed by atoms with Gasteiger partial charge in [0.15, 0.2) is 0 Å². The number of carbonyl (C=O) groups is 1. The van der Waals surface area contributed by atoms with Crippen molar-refractivity contribution >= 4 is 5.91 Å². The van der Waals surface area contributed by atoms with Crippen molar-refractivity contribution in [2.45, 2.75) is 44.9 Å². The minimum Gasteiger partial charge on any atom is -0.383 e. The van der Waals surface area contributed by atoms with E-state index < -0.39 is 0 Å². The summed E-state index contributed by atoms with van der Waals surface area (Å²) in [6.45, 7) is 3.24. The van der Waals surface area contributed by atoms with Gasteiger partial charge in [0.05, 0.1) is 12.5 Å². The number of benzene rings is 1. The number of aryl methyl sites for hydroxylation is 1. The highest BCUT2D eigenvalue weighted by atomic mass is 16.5. The topological polar surface area (TPSA) is 38.3 Å². The van der Waals surface area contributed by atoms with Crippen LogP contribution in [0, 0.1) is 12.8 Å². The van der Waals surface area contributed by atoms with Crippen molar-refractivity contribution in [1.82, 2.24) is 5.32 Å². The minimum atomic E-state index is -0.0113. The number of nitrogens with one attached hydrogen (secondary N) is 1. The normalized spacial score (nSPS) is 17.4. The van der Waals surface area contributed by atoms with Crippen LogP contribution in [0.5, 0.6) is 0 Å². The first kappa shape index (κ1) is 16.0. The van der Waals surface area contributed by atoms with Crippen molar-refractivity contribution in [3.8, 4) is 0 Å². The molecular weight excluding hydrogens is 262 g/mol. The largest absolute Gasteiger partial charge is 0.383 e. The Kier molecular flexibility index (Phi) is 6.24. The van der Waals surface area contributed by atoms with E-state index in [1.54, 1.807) is 7.11 Å². The molecule has 1 unspecified atom stereocenters. The van der Waals surface area contributed by atoms with E-state index >= 15 is 0 Å². The van der Waals surface area contributed by atoms with Gasteiger partial charge >= 0.3 is 0 Å². The maximum atomic E-state index is 12.6. The Morgan fingerprint density at radius 1 is 1.24 bits per heavy atom. The molecule has 1 aliphatic rings. The van der Waals surface area contributed by atoms with E-state index in [0.717, 1.165) is 18.4 Å². The highest BCUT2D eigenvalue weighted by Crippen LogP contribution is 2.36. The lowest BCUT2D eigenvalue weighted by Crippen LogP contribution is -2.36. The van der Waals surface area contributed by atoms with Crippen molar-refractivity contribution in [1.29, 1.82) is 0 Å². The predicted octanol–water partition coefficient (Wildman–Crippen LogP) is 3.42. The maximum absolute atomic E-state index is 12.6. The van der Waals surface area contributed by atoms with E-state index in [4.69, 9.17) is 4.74 Å². The quantitative estimate of drug-likeness (QED) is 0.815. The first-order valence-corrected chi connectivity index (χ1v) is 8.05. The second-order valence-electron chi connectivity index (χ2n) is 6.07. The molecule has 1 saturated carbocycles. The van der Waals surface area contributed by atoms with Crippen LogP contribution in [-0.2, 0) is 9.53 Å². The zero-order valence-electron chi connectivity index (χ0n) is 13.2. The number of carbonyl (C=O) groups excluding carboxylic acids is 1. The maximum Gasteiger partial charge on any atom is 0.227 e. The van der Waals surface area contributed by atoms with Crippen LogP contribution in [0.3, 0.4) is 0 Å². The molecule has 1 amide bonds. The third-order valence-electron chi connectivity index (χ3n) is 4.45. The van der Waals surface area contributed by atoms with Crippen LogP contribution in [0.15, 0.2) is 24.3 Å². The Bertz CT molecular complexity index is 435. The third kappa shape index (κ3) is 4.57. The van der Waals surface area contributed by atoms with Gasteiger partial charge in [-0.1, -0.05) is 49.1 Å². The highest BCUT2D eigenvalue weighted by molar-refractivity contribution is 5.84. The number of amides is 1. The fourth-order valence-corrected chi connectivity index (χ4v) is 3.27. The third-order valence-corrected chi connectivity index (χ3v) is 4.45. The average molecular weight is 289 g/mol. The van der Waals surface area contributed by atoms with Crippen LogP contribution in [0.4, 0.5) is 0 Å². The number of methoxy groups -OCH3 is 1. The first-order valence-electron chi connectivity index (χ1n) is 8.05. The lowest BCUT2D eigenvalue weighted by Gasteiger charge is -2.30. The molecule has 1 N–H and O–H groups in total. The summed E-state index contributed by atoms with van der Waals surface area (Å²) in [5.74, 6) is 0.620. The zero-order chi connectivity index (χ0) is 15.1. The van der Waals surface area contributed by atoms with Gasteiger partial charge in [0.25, 0.3) is 0 Å². The van der Waals surface area contributed by atoms with Gasteiger partial charge in [-0.25, -0.2) is 0 Å². The van der Waals surface area contributed by atoms with Crippen molar-refractivity contribution in [3.63, 3.8) is 0 Å². The van der Waals surface area contributed by atoms with Gasteiger partial charge in [0.2, 0.25) is 5.91 Å². The second kappa shape index (κ2) is 8.18. The van der Waals surface area contributed by atoms with Gasteiger partial charge in [-0.05, 0) is 31.2 Å². The fourth-order valence-electron chi connectivity index (χ4n) is 3.27. The van der Waals surface area contributed by atoms with Crippen LogP contribution in [-0.4, -0.2) is 26.2 Å². The van der Waals surface area contributed by atoms with Crippen LogP contribution >= 0.6 is 0 Å². The van der Waals surface area contributed by atoms with Gasteiger partial charge in [0, 0.05) is 13.7 Å². The van der Waals surface area contributed by atoms with Gasteiger partial charge < -0.3 is 10.1 Å². The van der Waals surface area contributed by atoms with Crippen LogP contribution in [0.2, 0.25) is 0 Å². The molecule has 0 aliphatic heterocycles. The Labute approximate surface area is 128 Å². The van der Waals surface area contributed by atoms with Crippen molar-refractivity contribution in [2.24, 2.45) is 5.92 Å². The molecule has 0 saturated heterocycles. The van der Waals surface area contributed by atoms with E-state index in [0.29, 0.717) is 19.1 Å². The summed E-state index contributed by atoms with van der Waals surface area (Å²) in [7, 11) is 1.66. The highest BCUT2D eigenvalue weighted by Gasteiger charge is 2.30. The van der Waals surface area contributed by atoms with E-state index in [-0.39, 0.29) is 11.8 Å². The Morgan fingerprint density at radius 2 is 1.90 bits per heavy atom. The lowest BCUT2D eigenvalue weighted by atomic mass is 9.76. The van der Waals surface area contributed by atoms with Gasteiger partial charge in [0.1, 0.15) is 0 Å². The molecule has 3 heteroatoms. The summed E-state index contributed by atoms with van der Waals surface area (Å²) in [4.78, 5) is 12.6. The van der Waals surface area contributed by atoms with Crippen molar-refractivity contribution in [3.05, 3.63) is 35.4 Å². The molecule has 21 heavy (non-hydrogen) atoms. The number of ether oxygens (including phenoxy) is 1. The molecule has 0 aromatic heterocycles. The standard InChI is InChI=1S/C18H27NO2/c1-14-8-10-16(11-9-14)17(15-6-4-3-5-7-15)18(20)19-12-13-21-2/h8-11,15,17H,3-7,12-13H2,1-2H3,(H,19,20). The molecule has 1 aliphatic carbocycles. The molecule has 0 heterocycles. The number of hydrogen-bond acceptors (Lipinski definition) is 2. The van der Waals surface area contributed by atoms with Gasteiger partial charge in [-0.2, -0.15) is 0 Å². The molecule has 3 nitrogen and oxygen atoms in total. The monoisotopic (exact) mass is 289 g/mol. The summed E-state index contributed by atoms with van der Waals surface area (Å²) in [5, 5.41) is 3.03. The van der Waals surface area contributed by atoms with E-state index in [2.05, 4.69) is 36.5 Å². The Morgan fingerprint density at radius 3 is 2.52 bits per heavy atom. The molecule has 0 bridgehead atoms. The Balaban J connectivity index is 2.12. The summed E-state index contributed by atoms with van der Waals surface area (Å²) < 4.78 is 5.02. The van der Waals surface area contributed by atoms with Crippen molar-refractivity contribution in [2.75, 3.05) is 20.3 Å². The number of hydrogen-bond donors (Lipinski definition) is 1. The Hall–Kier alpha value is -1.35. The summed E-state index contributed by atoms with van der Waals surface area (Å²) >= 11 is 0. The second-order valence-corrected chi connectivity index (χ2v) is 6.07. The van der Waals surface area contributed by atoms with Crippen LogP contribution in [0.1, 0.15) is 49.1 Å². The van der Waals surface area contributed by atoms with Crippen LogP contribution in [0.25, 0.3) is 0 Å². The molecule has 0 spiro atoms. The molecule has 116 valence electrons. The molecular formula is C18H27NO2. The van der Waals surface area contributed by atoms with Crippen molar-refractivity contribution < 1.29 is 9.53 Å². The zero-order valence-corrected chi connectivity index (χ0v) is 13.2. The molecule has 1 aromatic rings. The van der Waals surface area contributed by atoms with E-state index in [1.807, 2.05) is 0 Å². The number of rotatable bonds is 6. The molecule has 1 aromatic carbocycles. The van der Waals surface area contributed by atoms with E-state index in [1.165, 1.54) is 24.8 Å². The SMILES string of the molecule is COCCNC(=O)C(c1ccc(C)cc1)C1CCCCC1. The predicted molar refractivity (Wildman–Crippen MR) is 85.4 cm³/mol. The molecule has 1 fully saturated rings. The molecule has 1 atom stereocenters.